The van der Waals surface area contributed by atoms with E-state index in [2.05, 4.69) is 16.3 Å². The van der Waals surface area contributed by atoms with Gasteiger partial charge in [0.1, 0.15) is 28.7 Å². The van der Waals surface area contributed by atoms with Gasteiger partial charge in [-0.3, -0.25) is 4.68 Å². The first kappa shape index (κ1) is 27.0. The van der Waals surface area contributed by atoms with Crippen molar-refractivity contribution in [1.29, 1.82) is 5.26 Å². The van der Waals surface area contributed by atoms with E-state index in [0.717, 1.165) is 5.56 Å². The number of ether oxygens (including phenoxy) is 1. The Bertz CT molecular complexity index is 1320. The summed E-state index contributed by atoms with van der Waals surface area (Å²) in [6.07, 6.45) is -1.06. The molecule has 1 aromatic carbocycles. The standard InChI is InChI=1S/C26H30F3N7O2/c1-25(2,3)38-24(37)34-10-8-20(9-11-34)36-23(31)21(13-30)22(33-36)19-14-32-35(16-19)15-18-6-4-17(5-7-18)12-26(27,28)29/h4-7,14,16,20H,8-12,15,31H2,1-3H3. The number of piperidine rings is 1. The lowest BCUT2D eigenvalue weighted by Gasteiger charge is -2.33. The Hall–Kier alpha value is -4.01. The van der Waals surface area contributed by atoms with Crippen molar-refractivity contribution in [1.82, 2.24) is 24.5 Å². The molecule has 0 radical (unpaired) electrons. The van der Waals surface area contributed by atoms with Crippen LogP contribution in [0.15, 0.2) is 36.7 Å². The summed E-state index contributed by atoms with van der Waals surface area (Å²) in [5.41, 5.74) is 7.98. The van der Waals surface area contributed by atoms with Gasteiger partial charge in [0, 0.05) is 24.8 Å². The number of amides is 1. The van der Waals surface area contributed by atoms with Crippen LogP contribution in [-0.2, 0) is 17.7 Å². The van der Waals surface area contributed by atoms with Crippen LogP contribution < -0.4 is 5.73 Å². The fraction of sp³-hybridized carbons (Fsp3) is 0.462. The van der Waals surface area contributed by atoms with Gasteiger partial charge in [-0.05, 0) is 44.7 Å². The summed E-state index contributed by atoms with van der Waals surface area (Å²) in [5, 5.41) is 18.8. The van der Waals surface area contributed by atoms with Crippen molar-refractivity contribution in [3.05, 3.63) is 53.3 Å². The normalized spacial score (nSPS) is 14.9. The number of aromatic nitrogens is 4. The Morgan fingerprint density at radius 3 is 2.37 bits per heavy atom. The van der Waals surface area contributed by atoms with E-state index in [1.54, 1.807) is 38.8 Å². The van der Waals surface area contributed by atoms with Crippen LogP contribution in [-0.4, -0.2) is 55.4 Å². The Morgan fingerprint density at radius 2 is 1.79 bits per heavy atom. The summed E-state index contributed by atoms with van der Waals surface area (Å²) in [6, 6.07) is 8.24. The first-order valence-corrected chi connectivity index (χ1v) is 12.3. The number of nitriles is 1. The smallest absolute Gasteiger partial charge is 0.410 e. The fourth-order valence-corrected chi connectivity index (χ4v) is 4.41. The number of alkyl halides is 3. The monoisotopic (exact) mass is 529 g/mol. The van der Waals surface area contributed by atoms with Crippen molar-refractivity contribution in [2.24, 2.45) is 0 Å². The zero-order valence-electron chi connectivity index (χ0n) is 21.5. The fourth-order valence-electron chi connectivity index (χ4n) is 4.41. The SMILES string of the molecule is CC(C)(C)OC(=O)N1CCC(n2nc(-c3cnn(Cc4ccc(CC(F)(F)F)cc4)c3)c(C#N)c2N)CC1. The molecule has 1 aliphatic rings. The van der Waals surface area contributed by atoms with Gasteiger partial charge in [0.05, 0.1) is 25.2 Å². The molecule has 1 aliphatic heterocycles. The number of rotatable bonds is 5. The molecule has 0 unspecified atom stereocenters. The lowest BCUT2D eigenvalue weighted by atomic mass is 10.1. The molecule has 2 N–H and O–H groups in total. The minimum Gasteiger partial charge on any atom is -0.444 e. The van der Waals surface area contributed by atoms with Gasteiger partial charge in [-0.2, -0.15) is 28.6 Å². The molecule has 1 saturated heterocycles. The second-order valence-electron chi connectivity index (χ2n) is 10.4. The third-order valence-corrected chi connectivity index (χ3v) is 6.20. The zero-order chi connectivity index (χ0) is 27.7. The third-order valence-electron chi connectivity index (χ3n) is 6.20. The number of carbonyl (C=O) groups excluding carboxylic acids is 1. The second-order valence-corrected chi connectivity index (χ2v) is 10.4. The van der Waals surface area contributed by atoms with Crippen molar-refractivity contribution < 1.29 is 22.7 Å². The summed E-state index contributed by atoms with van der Waals surface area (Å²) in [5.74, 6) is 0.256. The Balaban J connectivity index is 1.45. The zero-order valence-corrected chi connectivity index (χ0v) is 21.5. The molecule has 0 saturated carbocycles. The lowest BCUT2D eigenvalue weighted by Crippen LogP contribution is -2.42. The van der Waals surface area contributed by atoms with Gasteiger partial charge in [-0.15, -0.1) is 0 Å². The highest BCUT2D eigenvalue weighted by atomic mass is 19.4. The highest BCUT2D eigenvalue weighted by Crippen LogP contribution is 2.32. The predicted molar refractivity (Wildman–Crippen MR) is 134 cm³/mol. The van der Waals surface area contributed by atoms with Crippen molar-refractivity contribution in [2.75, 3.05) is 18.8 Å². The summed E-state index contributed by atoms with van der Waals surface area (Å²) in [7, 11) is 0. The molecule has 12 heteroatoms. The number of anilines is 1. The van der Waals surface area contributed by atoms with E-state index >= 15 is 0 Å². The van der Waals surface area contributed by atoms with Crippen LogP contribution in [0.5, 0.6) is 0 Å². The molecule has 1 fully saturated rings. The number of hydrogen-bond acceptors (Lipinski definition) is 6. The van der Waals surface area contributed by atoms with Crippen LogP contribution in [0.1, 0.15) is 56.3 Å². The first-order valence-electron chi connectivity index (χ1n) is 12.3. The van der Waals surface area contributed by atoms with Gasteiger partial charge in [0.15, 0.2) is 0 Å². The Morgan fingerprint density at radius 1 is 1.16 bits per heavy atom. The van der Waals surface area contributed by atoms with Crippen LogP contribution in [0.25, 0.3) is 11.3 Å². The number of benzene rings is 1. The van der Waals surface area contributed by atoms with Gasteiger partial charge in [-0.25, -0.2) is 9.48 Å². The van der Waals surface area contributed by atoms with Crippen molar-refractivity contribution in [3.8, 4) is 17.3 Å². The molecule has 0 atom stereocenters. The quantitative estimate of drug-likeness (QED) is 0.501. The molecule has 0 spiro atoms. The summed E-state index contributed by atoms with van der Waals surface area (Å²) in [4.78, 5) is 14.0. The van der Waals surface area contributed by atoms with Gasteiger partial charge in [-0.1, -0.05) is 24.3 Å². The molecule has 4 rings (SSSR count). The van der Waals surface area contributed by atoms with E-state index < -0.39 is 18.2 Å². The Kier molecular flexibility index (Phi) is 7.40. The van der Waals surface area contributed by atoms with E-state index in [9.17, 15) is 23.2 Å². The van der Waals surface area contributed by atoms with E-state index in [0.29, 0.717) is 43.7 Å². The molecule has 3 heterocycles. The number of hydrogen-bond donors (Lipinski definition) is 1. The molecule has 38 heavy (non-hydrogen) atoms. The predicted octanol–water partition coefficient (Wildman–Crippen LogP) is 4.93. The maximum atomic E-state index is 12.6. The molecule has 1 amide bonds. The van der Waals surface area contributed by atoms with E-state index in [1.165, 1.54) is 12.1 Å². The summed E-state index contributed by atoms with van der Waals surface area (Å²) >= 11 is 0. The number of nitrogens with zero attached hydrogens (tertiary/aromatic N) is 6. The summed E-state index contributed by atoms with van der Waals surface area (Å²) < 4.78 is 46.5. The topological polar surface area (TPSA) is 115 Å². The number of halogens is 3. The first-order chi connectivity index (χ1) is 17.8. The minimum absolute atomic E-state index is 0.0835. The van der Waals surface area contributed by atoms with Crippen molar-refractivity contribution in [3.63, 3.8) is 0 Å². The van der Waals surface area contributed by atoms with Crippen molar-refractivity contribution >= 4 is 11.9 Å². The van der Waals surface area contributed by atoms with Crippen LogP contribution in [0.3, 0.4) is 0 Å². The van der Waals surface area contributed by atoms with Crippen molar-refractivity contribution in [2.45, 2.75) is 64.4 Å². The van der Waals surface area contributed by atoms with Gasteiger partial charge >= 0.3 is 12.3 Å². The Labute approximate surface area is 218 Å². The van der Waals surface area contributed by atoms with Crippen LogP contribution >= 0.6 is 0 Å². The lowest BCUT2D eigenvalue weighted by molar-refractivity contribution is -0.127. The molecule has 202 valence electrons. The second kappa shape index (κ2) is 10.4. The van der Waals surface area contributed by atoms with Crippen LogP contribution in [0.2, 0.25) is 0 Å². The van der Waals surface area contributed by atoms with Gasteiger partial charge in [0.2, 0.25) is 0 Å². The largest absolute Gasteiger partial charge is 0.444 e. The highest BCUT2D eigenvalue weighted by molar-refractivity contribution is 5.72. The maximum absolute atomic E-state index is 12.6. The molecule has 3 aromatic rings. The molecular weight excluding hydrogens is 499 g/mol. The third kappa shape index (κ3) is 6.45. The van der Waals surface area contributed by atoms with E-state index in [-0.39, 0.29) is 29.1 Å². The average molecular weight is 530 g/mol. The number of carbonyl (C=O) groups is 1. The van der Waals surface area contributed by atoms with Gasteiger partial charge < -0.3 is 15.4 Å². The highest BCUT2D eigenvalue weighted by Gasteiger charge is 2.30. The average Bonchev–Trinajstić information content (AvgIpc) is 3.42. The van der Waals surface area contributed by atoms with Crippen LogP contribution in [0.4, 0.5) is 23.8 Å². The number of likely N-dealkylation sites (tertiary alicyclic amines) is 1. The number of nitrogens with two attached hydrogens (primary N) is 1. The minimum atomic E-state index is -4.25. The number of nitrogen functional groups attached to an aromatic ring is 1. The maximum Gasteiger partial charge on any atom is 0.410 e. The molecule has 9 nitrogen and oxygen atoms in total. The molecule has 0 bridgehead atoms. The van der Waals surface area contributed by atoms with E-state index in [4.69, 9.17) is 10.5 Å². The van der Waals surface area contributed by atoms with E-state index in [1.807, 2.05) is 20.8 Å². The molecule has 0 aliphatic carbocycles. The molecule has 2 aromatic heterocycles. The van der Waals surface area contributed by atoms with Gasteiger partial charge in [0.25, 0.3) is 0 Å². The molecular formula is C26H30F3N7O2. The van der Waals surface area contributed by atoms with Crippen LogP contribution in [0, 0.1) is 11.3 Å². The summed E-state index contributed by atoms with van der Waals surface area (Å²) in [6.45, 7) is 6.77.